The normalized spacial score (nSPS) is 9.81. The molecule has 0 aliphatic carbocycles. The molecule has 0 aliphatic heterocycles. The minimum Gasteiger partial charge on any atom is -0.545 e. The molecule has 0 aromatic heterocycles. The lowest BCUT2D eigenvalue weighted by atomic mass is 10.1. The molecule has 7 nitrogen and oxygen atoms in total. The second kappa shape index (κ2) is 5.08. The van der Waals surface area contributed by atoms with E-state index < -0.39 is 10.9 Å². The Balaban J connectivity index is 3.09. The topological polar surface area (TPSA) is 116 Å². The van der Waals surface area contributed by atoms with Gasteiger partial charge in [0.1, 0.15) is 0 Å². The Hall–Kier alpha value is -2.15. The maximum absolute atomic E-state index is 10.7. The average Bonchev–Trinajstić information content (AvgIpc) is 2.25. The number of nitrogens with one attached hydrogen (secondary N) is 1. The fourth-order valence-electron chi connectivity index (χ4n) is 1.16. The maximum Gasteiger partial charge on any atom is 0.270 e. The molecule has 0 aliphatic rings. The van der Waals surface area contributed by atoms with Crippen molar-refractivity contribution in [1.29, 1.82) is 0 Å². The molecule has 0 spiro atoms. The summed E-state index contributed by atoms with van der Waals surface area (Å²) in [5.74, 6) is -1.51. The first-order valence-electron chi connectivity index (χ1n) is 4.40. The van der Waals surface area contributed by atoms with E-state index in [9.17, 15) is 20.0 Å². The van der Waals surface area contributed by atoms with Gasteiger partial charge in [-0.05, 0) is 6.07 Å². The van der Waals surface area contributed by atoms with Crippen molar-refractivity contribution in [1.82, 2.24) is 0 Å². The third-order valence-electron chi connectivity index (χ3n) is 1.86. The summed E-state index contributed by atoms with van der Waals surface area (Å²) in [6, 6.07) is 3.35. The van der Waals surface area contributed by atoms with Crippen molar-refractivity contribution in [3.05, 3.63) is 33.9 Å². The van der Waals surface area contributed by atoms with Gasteiger partial charge < -0.3 is 20.3 Å². The fourth-order valence-corrected chi connectivity index (χ4v) is 1.16. The molecule has 1 aromatic carbocycles. The Morgan fingerprint density at radius 3 is 2.69 bits per heavy atom. The zero-order valence-corrected chi connectivity index (χ0v) is 8.17. The highest BCUT2D eigenvalue weighted by Crippen LogP contribution is 2.21. The van der Waals surface area contributed by atoms with Crippen LogP contribution in [0.2, 0.25) is 0 Å². The fraction of sp³-hybridized carbons (Fsp3) is 0.222. The number of carbonyl (C=O) groups excluding carboxylic acids is 1. The van der Waals surface area contributed by atoms with Gasteiger partial charge in [0.15, 0.2) is 0 Å². The quantitative estimate of drug-likeness (QED) is 0.508. The number of aliphatic hydroxyl groups excluding tert-OH is 1. The number of nitro benzene ring substituents is 1. The number of carboxylic acid groups (broad SMARTS) is 1. The van der Waals surface area contributed by atoms with Gasteiger partial charge in [-0.15, -0.1) is 0 Å². The van der Waals surface area contributed by atoms with Gasteiger partial charge in [0, 0.05) is 29.9 Å². The van der Waals surface area contributed by atoms with E-state index in [2.05, 4.69) is 5.32 Å². The van der Waals surface area contributed by atoms with Crippen LogP contribution in [-0.4, -0.2) is 29.2 Å². The highest BCUT2D eigenvalue weighted by atomic mass is 16.6. The number of hydrogen-bond acceptors (Lipinski definition) is 6. The van der Waals surface area contributed by atoms with Crippen molar-refractivity contribution < 1.29 is 19.9 Å². The number of nitrogens with zero attached hydrogens (tertiary/aromatic N) is 1. The smallest absolute Gasteiger partial charge is 0.270 e. The number of hydrogen-bond donors (Lipinski definition) is 2. The number of nitro groups is 1. The maximum atomic E-state index is 10.7. The highest BCUT2D eigenvalue weighted by molar-refractivity contribution is 5.93. The molecule has 0 radical (unpaired) electrons. The summed E-state index contributed by atoms with van der Waals surface area (Å²) >= 11 is 0. The van der Waals surface area contributed by atoms with Crippen LogP contribution in [0.1, 0.15) is 10.4 Å². The summed E-state index contributed by atoms with van der Waals surface area (Å²) in [5, 5.41) is 32.3. The van der Waals surface area contributed by atoms with E-state index in [1.165, 1.54) is 12.1 Å². The molecular formula is C9H9N2O5-. The lowest BCUT2D eigenvalue weighted by molar-refractivity contribution is -0.385. The minimum atomic E-state index is -1.51. The van der Waals surface area contributed by atoms with E-state index in [1.807, 2.05) is 0 Å². The number of rotatable bonds is 5. The van der Waals surface area contributed by atoms with Crippen LogP contribution in [0.25, 0.3) is 0 Å². The second-order valence-electron chi connectivity index (χ2n) is 2.92. The average molecular weight is 225 g/mol. The van der Waals surface area contributed by atoms with Crippen LogP contribution in [0.3, 0.4) is 0 Å². The Kier molecular flexibility index (Phi) is 3.78. The third-order valence-corrected chi connectivity index (χ3v) is 1.86. The van der Waals surface area contributed by atoms with Crippen LogP contribution in [0.4, 0.5) is 11.4 Å². The molecule has 2 N–H and O–H groups in total. The summed E-state index contributed by atoms with van der Waals surface area (Å²) in [6.07, 6.45) is 0. The highest BCUT2D eigenvalue weighted by Gasteiger charge is 2.11. The predicted molar refractivity (Wildman–Crippen MR) is 53.0 cm³/mol. The number of aliphatic hydroxyl groups is 1. The van der Waals surface area contributed by atoms with E-state index in [1.54, 1.807) is 0 Å². The molecule has 0 fully saturated rings. The van der Waals surface area contributed by atoms with Crippen molar-refractivity contribution in [3.63, 3.8) is 0 Å². The molecule has 0 amide bonds. The van der Waals surface area contributed by atoms with Crippen LogP contribution in [0.5, 0.6) is 0 Å². The first-order chi connectivity index (χ1) is 7.56. The van der Waals surface area contributed by atoms with Gasteiger partial charge in [0.25, 0.3) is 5.69 Å². The van der Waals surface area contributed by atoms with Gasteiger partial charge in [-0.25, -0.2) is 0 Å². The molecule has 0 saturated carbocycles. The molecule has 0 heterocycles. The van der Waals surface area contributed by atoms with Gasteiger partial charge >= 0.3 is 0 Å². The Morgan fingerprint density at radius 2 is 2.19 bits per heavy atom. The van der Waals surface area contributed by atoms with Crippen LogP contribution in [0.15, 0.2) is 18.2 Å². The van der Waals surface area contributed by atoms with Crippen LogP contribution < -0.4 is 10.4 Å². The molecule has 16 heavy (non-hydrogen) atoms. The number of non-ortho nitro benzene ring substituents is 1. The minimum absolute atomic E-state index is 0.151. The molecule has 0 bridgehead atoms. The van der Waals surface area contributed by atoms with Crippen LogP contribution >= 0.6 is 0 Å². The number of aromatic carboxylic acids is 1. The predicted octanol–water partition coefficient (Wildman–Crippen LogP) is -0.637. The zero-order chi connectivity index (χ0) is 12.1. The number of anilines is 1. The van der Waals surface area contributed by atoms with E-state index in [-0.39, 0.29) is 30.1 Å². The first kappa shape index (κ1) is 11.9. The SMILES string of the molecule is O=C([O-])c1cc([N+](=O)[O-])ccc1NCCO. The van der Waals surface area contributed by atoms with Crippen molar-refractivity contribution in [2.75, 3.05) is 18.5 Å². The van der Waals surface area contributed by atoms with Gasteiger partial charge in [-0.3, -0.25) is 10.1 Å². The van der Waals surface area contributed by atoms with E-state index in [0.717, 1.165) is 6.07 Å². The summed E-state index contributed by atoms with van der Waals surface area (Å²) in [4.78, 5) is 20.5. The second-order valence-corrected chi connectivity index (χ2v) is 2.92. The van der Waals surface area contributed by atoms with E-state index >= 15 is 0 Å². The lowest BCUT2D eigenvalue weighted by Crippen LogP contribution is -2.24. The summed E-state index contributed by atoms with van der Waals surface area (Å²) < 4.78 is 0. The largest absolute Gasteiger partial charge is 0.545 e. The number of carboxylic acids is 1. The molecule has 0 atom stereocenters. The lowest BCUT2D eigenvalue weighted by Gasteiger charge is -2.11. The van der Waals surface area contributed by atoms with Crippen molar-refractivity contribution in [3.8, 4) is 0 Å². The number of carbonyl (C=O) groups is 1. The standard InChI is InChI=1S/C9H10N2O5/c12-4-3-10-8-2-1-6(11(15)16)5-7(8)9(13)14/h1-2,5,10,12H,3-4H2,(H,13,14)/p-1. The van der Waals surface area contributed by atoms with Gasteiger partial charge in [0.05, 0.1) is 17.5 Å². The van der Waals surface area contributed by atoms with Gasteiger partial charge in [0.2, 0.25) is 0 Å². The van der Waals surface area contributed by atoms with E-state index in [0.29, 0.717) is 0 Å². The number of benzene rings is 1. The van der Waals surface area contributed by atoms with Crippen molar-refractivity contribution in [2.45, 2.75) is 0 Å². The summed E-state index contributed by atoms with van der Waals surface area (Å²) in [6.45, 7) is -0.0262. The first-order valence-corrected chi connectivity index (χ1v) is 4.40. The molecule has 0 unspecified atom stereocenters. The zero-order valence-electron chi connectivity index (χ0n) is 8.17. The molecule has 0 saturated heterocycles. The Bertz CT molecular complexity index is 418. The Labute approximate surface area is 90.5 Å². The molecule has 86 valence electrons. The van der Waals surface area contributed by atoms with E-state index in [4.69, 9.17) is 5.11 Å². The molecule has 1 rings (SSSR count). The van der Waals surface area contributed by atoms with Crippen molar-refractivity contribution >= 4 is 17.3 Å². The molecular weight excluding hydrogens is 216 g/mol. The van der Waals surface area contributed by atoms with Crippen molar-refractivity contribution in [2.24, 2.45) is 0 Å². The monoisotopic (exact) mass is 225 g/mol. The molecule has 7 heteroatoms. The van der Waals surface area contributed by atoms with Crippen LogP contribution in [0, 0.1) is 10.1 Å². The van der Waals surface area contributed by atoms with Crippen LogP contribution in [-0.2, 0) is 0 Å². The van der Waals surface area contributed by atoms with Gasteiger partial charge in [-0.2, -0.15) is 0 Å². The molecule has 1 aromatic rings. The third kappa shape index (κ3) is 2.67. The summed E-state index contributed by atoms with van der Waals surface area (Å²) in [7, 11) is 0. The van der Waals surface area contributed by atoms with Gasteiger partial charge in [-0.1, -0.05) is 0 Å². The summed E-state index contributed by atoms with van der Waals surface area (Å²) in [5.41, 5.74) is -0.448. The Morgan fingerprint density at radius 1 is 1.50 bits per heavy atom.